The minimum absolute atomic E-state index is 0.237. The zero-order chi connectivity index (χ0) is 18.4. The predicted octanol–water partition coefficient (Wildman–Crippen LogP) is 0.160. The van der Waals surface area contributed by atoms with E-state index in [-0.39, 0.29) is 6.42 Å². The van der Waals surface area contributed by atoms with Gasteiger partial charge in [-0.3, -0.25) is 23.9 Å². The molecule has 0 spiro atoms. The lowest BCUT2D eigenvalue weighted by Gasteiger charge is -2.28. The molecule has 3 rings (SSSR count). The maximum absolute atomic E-state index is 12.1. The Morgan fingerprint density at radius 3 is 2.68 bits per heavy atom. The third-order valence-corrected chi connectivity index (χ3v) is 4.65. The Labute approximate surface area is 142 Å². The highest BCUT2D eigenvalue weighted by Gasteiger charge is 2.60. The van der Waals surface area contributed by atoms with E-state index < -0.39 is 47.2 Å². The highest BCUT2D eigenvalue weighted by atomic mass is 16.6. The molecule has 0 amide bonds. The van der Waals surface area contributed by atoms with Crippen LogP contribution in [0, 0.1) is 6.92 Å². The van der Waals surface area contributed by atoms with Gasteiger partial charge >= 0.3 is 17.6 Å². The molecule has 1 aliphatic heterocycles. The first-order chi connectivity index (χ1) is 11.7. The minimum Gasteiger partial charge on any atom is -0.460 e. The monoisotopic (exact) mass is 352 g/mol. The lowest BCUT2D eigenvalue weighted by molar-refractivity contribution is -0.169. The molecule has 1 aliphatic carbocycles. The summed E-state index contributed by atoms with van der Waals surface area (Å²) in [6.07, 6.45) is 0.666. The zero-order valence-electron chi connectivity index (χ0n) is 14.2. The molecule has 25 heavy (non-hydrogen) atoms. The largest absolute Gasteiger partial charge is 0.460 e. The van der Waals surface area contributed by atoms with E-state index in [9.17, 15) is 19.2 Å². The Balaban J connectivity index is 1.95. The number of hydrogen-bond donors (Lipinski definition) is 1. The van der Waals surface area contributed by atoms with Gasteiger partial charge < -0.3 is 14.2 Å². The number of esters is 2. The molecule has 136 valence electrons. The fourth-order valence-electron chi connectivity index (χ4n) is 3.70. The van der Waals surface area contributed by atoms with Crippen molar-refractivity contribution >= 4 is 11.9 Å². The van der Waals surface area contributed by atoms with Crippen molar-refractivity contribution in [2.75, 3.05) is 0 Å². The van der Waals surface area contributed by atoms with Gasteiger partial charge in [0.25, 0.3) is 5.56 Å². The van der Waals surface area contributed by atoms with Gasteiger partial charge in [0, 0.05) is 32.0 Å². The second kappa shape index (κ2) is 6.14. The van der Waals surface area contributed by atoms with Gasteiger partial charge in [-0.05, 0) is 19.8 Å². The SMILES string of the molecule is CC(=O)O[C@H]1CC[C@]2(OC(C)=O)C[C@H](n3cc(C)c(=O)[nH]c3=O)O[C@H]12. The van der Waals surface area contributed by atoms with Gasteiger partial charge in [0.1, 0.15) is 24.0 Å². The van der Waals surface area contributed by atoms with Gasteiger partial charge in [-0.2, -0.15) is 0 Å². The van der Waals surface area contributed by atoms with Gasteiger partial charge in [0.05, 0.1) is 0 Å². The quantitative estimate of drug-likeness (QED) is 0.770. The summed E-state index contributed by atoms with van der Waals surface area (Å²) in [5.74, 6) is -0.921. The van der Waals surface area contributed by atoms with Crippen LogP contribution in [0.5, 0.6) is 0 Å². The second-order valence-corrected chi connectivity index (χ2v) is 6.54. The summed E-state index contributed by atoms with van der Waals surface area (Å²) in [5, 5.41) is 0. The summed E-state index contributed by atoms with van der Waals surface area (Å²) in [5.41, 5.74) is -1.67. The van der Waals surface area contributed by atoms with Crippen LogP contribution in [0.3, 0.4) is 0 Å². The third-order valence-electron chi connectivity index (χ3n) is 4.65. The number of nitrogens with zero attached hydrogens (tertiary/aromatic N) is 1. The molecule has 9 heteroatoms. The number of fused-ring (bicyclic) bond motifs is 1. The molecule has 0 radical (unpaired) electrons. The molecule has 0 unspecified atom stereocenters. The number of carbonyl (C=O) groups is 2. The van der Waals surface area contributed by atoms with E-state index in [0.29, 0.717) is 18.4 Å². The van der Waals surface area contributed by atoms with Gasteiger partial charge in [0.15, 0.2) is 0 Å². The van der Waals surface area contributed by atoms with Crippen LogP contribution in [0.2, 0.25) is 0 Å². The number of hydrogen-bond acceptors (Lipinski definition) is 7. The Bertz CT molecular complexity index is 827. The van der Waals surface area contributed by atoms with Crippen molar-refractivity contribution in [1.82, 2.24) is 9.55 Å². The number of aromatic nitrogens is 2. The normalized spacial score (nSPS) is 30.8. The number of carbonyl (C=O) groups excluding carboxylic acids is 2. The van der Waals surface area contributed by atoms with Crippen molar-refractivity contribution in [2.24, 2.45) is 0 Å². The average molecular weight is 352 g/mol. The number of aryl methyl sites for hydroxylation is 1. The Hall–Kier alpha value is -2.42. The van der Waals surface area contributed by atoms with Crippen LogP contribution in [-0.2, 0) is 23.8 Å². The molecule has 1 aromatic rings. The van der Waals surface area contributed by atoms with E-state index in [1.807, 2.05) is 0 Å². The van der Waals surface area contributed by atoms with Crippen molar-refractivity contribution < 1.29 is 23.8 Å². The predicted molar refractivity (Wildman–Crippen MR) is 83.9 cm³/mol. The summed E-state index contributed by atoms with van der Waals surface area (Å²) < 4.78 is 18.0. The molecule has 1 saturated carbocycles. The molecule has 9 nitrogen and oxygen atoms in total. The Kier molecular flexibility index (Phi) is 4.28. The van der Waals surface area contributed by atoms with E-state index in [1.54, 1.807) is 6.92 Å². The Morgan fingerprint density at radius 2 is 2.04 bits per heavy atom. The fraction of sp³-hybridized carbons (Fsp3) is 0.625. The van der Waals surface area contributed by atoms with Crippen LogP contribution in [0.4, 0.5) is 0 Å². The van der Waals surface area contributed by atoms with E-state index in [0.717, 1.165) is 0 Å². The molecule has 0 aromatic carbocycles. The molecule has 4 atom stereocenters. The van der Waals surface area contributed by atoms with Crippen LogP contribution in [0.1, 0.15) is 44.9 Å². The Morgan fingerprint density at radius 1 is 1.32 bits per heavy atom. The van der Waals surface area contributed by atoms with Crippen LogP contribution in [-0.4, -0.2) is 39.3 Å². The van der Waals surface area contributed by atoms with Gasteiger partial charge in [-0.25, -0.2) is 4.79 Å². The van der Waals surface area contributed by atoms with Crippen molar-refractivity contribution in [3.8, 4) is 0 Å². The van der Waals surface area contributed by atoms with E-state index in [1.165, 1.54) is 24.6 Å². The van der Waals surface area contributed by atoms with Crippen LogP contribution < -0.4 is 11.2 Å². The van der Waals surface area contributed by atoms with Crippen molar-refractivity contribution in [3.63, 3.8) is 0 Å². The third kappa shape index (κ3) is 3.11. The summed E-state index contributed by atoms with van der Waals surface area (Å²) in [6, 6.07) is 0. The summed E-state index contributed by atoms with van der Waals surface area (Å²) >= 11 is 0. The average Bonchev–Trinajstić information content (AvgIpc) is 2.99. The minimum atomic E-state index is -0.958. The van der Waals surface area contributed by atoms with Crippen LogP contribution in [0.25, 0.3) is 0 Å². The highest BCUT2D eigenvalue weighted by Crippen LogP contribution is 2.49. The zero-order valence-corrected chi connectivity index (χ0v) is 14.2. The molecule has 2 aliphatic rings. The van der Waals surface area contributed by atoms with E-state index in [4.69, 9.17) is 14.2 Å². The fourth-order valence-corrected chi connectivity index (χ4v) is 3.70. The molecule has 1 aromatic heterocycles. The maximum Gasteiger partial charge on any atom is 0.330 e. The lowest BCUT2D eigenvalue weighted by Crippen LogP contribution is -2.42. The number of rotatable bonds is 3. The van der Waals surface area contributed by atoms with Gasteiger partial charge in [-0.1, -0.05) is 0 Å². The molecule has 1 saturated heterocycles. The molecule has 1 N–H and O–H groups in total. The lowest BCUT2D eigenvalue weighted by atomic mass is 9.96. The molecular weight excluding hydrogens is 332 g/mol. The molecule has 2 fully saturated rings. The van der Waals surface area contributed by atoms with E-state index >= 15 is 0 Å². The summed E-state index contributed by atoms with van der Waals surface area (Å²) in [4.78, 5) is 48.8. The molecule has 0 bridgehead atoms. The highest BCUT2D eigenvalue weighted by molar-refractivity contribution is 5.67. The number of ether oxygens (including phenoxy) is 3. The second-order valence-electron chi connectivity index (χ2n) is 6.54. The van der Waals surface area contributed by atoms with Gasteiger partial charge in [0.2, 0.25) is 0 Å². The van der Waals surface area contributed by atoms with Gasteiger partial charge in [-0.15, -0.1) is 0 Å². The summed E-state index contributed by atoms with van der Waals surface area (Å²) in [7, 11) is 0. The number of H-pyrrole nitrogens is 1. The first-order valence-electron chi connectivity index (χ1n) is 8.06. The van der Waals surface area contributed by atoms with Crippen molar-refractivity contribution in [3.05, 3.63) is 32.6 Å². The summed E-state index contributed by atoms with van der Waals surface area (Å²) in [6.45, 7) is 4.18. The molecule has 2 heterocycles. The topological polar surface area (TPSA) is 117 Å². The number of nitrogens with one attached hydrogen (secondary N) is 1. The first kappa shape index (κ1) is 17.4. The smallest absolute Gasteiger partial charge is 0.330 e. The molecular formula is C16H20N2O7. The maximum atomic E-state index is 12.1. The van der Waals surface area contributed by atoms with E-state index in [2.05, 4.69) is 4.98 Å². The first-order valence-corrected chi connectivity index (χ1v) is 8.06. The van der Waals surface area contributed by atoms with Crippen molar-refractivity contribution in [1.29, 1.82) is 0 Å². The van der Waals surface area contributed by atoms with Crippen molar-refractivity contribution in [2.45, 2.75) is 64.1 Å². The van der Waals surface area contributed by atoms with Crippen LogP contribution in [0.15, 0.2) is 15.8 Å². The van der Waals surface area contributed by atoms with Crippen LogP contribution >= 0.6 is 0 Å². The number of aromatic amines is 1. The standard InChI is InChI=1S/C16H20N2O7/c1-8-7-18(15(22)17-14(8)21)12-6-16(25-10(3)20)5-4-11(13(16)24-12)23-9(2)19/h7,11-13H,4-6H2,1-3H3,(H,17,21,22)/t11-,12+,13+,16-/m0/s1.